The fourth-order valence-corrected chi connectivity index (χ4v) is 2.79. The van der Waals surface area contributed by atoms with Gasteiger partial charge in [-0.25, -0.2) is 0 Å². The van der Waals surface area contributed by atoms with Crippen LogP contribution in [-0.2, 0) is 16.6 Å². The fourth-order valence-electron chi connectivity index (χ4n) is 2.79. The molecule has 1 aliphatic rings. The average molecular weight is 278 g/mol. The third-order valence-electron chi connectivity index (χ3n) is 4.21. The second-order valence-corrected chi connectivity index (χ2v) is 5.40. The summed E-state index contributed by atoms with van der Waals surface area (Å²) >= 11 is 0. The molecule has 0 spiro atoms. The van der Waals surface area contributed by atoms with Crippen molar-refractivity contribution in [3.8, 4) is 0 Å². The normalized spacial score (nSPS) is 22.1. The van der Waals surface area contributed by atoms with Gasteiger partial charge in [-0.1, -0.05) is 13.8 Å². The first kappa shape index (κ1) is 14.6. The lowest BCUT2D eigenvalue weighted by atomic mass is 9.87. The highest BCUT2D eigenvalue weighted by Crippen LogP contribution is 2.30. The molecule has 0 bridgehead atoms. The molecule has 1 aromatic heterocycles. The Morgan fingerprint density at radius 1 is 1.35 bits per heavy atom. The summed E-state index contributed by atoms with van der Waals surface area (Å²) in [6.45, 7) is 7.44. The predicted molar refractivity (Wildman–Crippen MR) is 76.3 cm³/mol. The number of carbonyl (C=O) groups excluding carboxylic acids is 2. The maximum atomic E-state index is 12.9. The quantitative estimate of drug-likeness (QED) is 0.901. The Kier molecular flexibility index (Phi) is 3.58. The van der Waals surface area contributed by atoms with E-state index in [-0.39, 0.29) is 11.8 Å². The van der Waals surface area contributed by atoms with Crippen LogP contribution in [0.15, 0.2) is 6.20 Å². The number of anilines is 1. The molecular weight excluding hydrogens is 256 g/mol. The molecule has 2 heterocycles. The van der Waals surface area contributed by atoms with E-state index in [4.69, 9.17) is 0 Å². The molecule has 1 aliphatic heterocycles. The summed E-state index contributed by atoms with van der Waals surface area (Å²) < 4.78 is 1.66. The summed E-state index contributed by atoms with van der Waals surface area (Å²) in [6, 6.07) is -0.517. The van der Waals surface area contributed by atoms with E-state index in [2.05, 4.69) is 10.4 Å². The van der Waals surface area contributed by atoms with Crippen molar-refractivity contribution in [3.05, 3.63) is 11.9 Å². The van der Waals surface area contributed by atoms with Crippen molar-refractivity contribution in [2.75, 3.05) is 4.90 Å². The van der Waals surface area contributed by atoms with E-state index in [1.54, 1.807) is 22.7 Å². The van der Waals surface area contributed by atoms with Crippen LogP contribution in [-0.4, -0.2) is 33.2 Å². The number of aryl methyl sites for hydroxylation is 2. The Bertz CT molecular complexity index is 545. The third-order valence-corrected chi connectivity index (χ3v) is 4.21. The summed E-state index contributed by atoms with van der Waals surface area (Å²) in [5.74, 6) is -0.165. The van der Waals surface area contributed by atoms with Crippen molar-refractivity contribution in [3.63, 3.8) is 0 Å². The zero-order valence-electron chi connectivity index (χ0n) is 12.7. The van der Waals surface area contributed by atoms with Gasteiger partial charge in [-0.15, -0.1) is 0 Å². The SMILES string of the molecule is CCC1(CC)NC(=O)C(C)N(c2cn(C)nc2C)C1=O. The maximum Gasteiger partial charge on any atom is 0.253 e. The monoisotopic (exact) mass is 278 g/mol. The summed E-state index contributed by atoms with van der Waals surface area (Å²) in [5, 5.41) is 7.17. The lowest BCUT2D eigenvalue weighted by Gasteiger charge is -2.44. The maximum absolute atomic E-state index is 12.9. The van der Waals surface area contributed by atoms with Gasteiger partial charge in [0.2, 0.25) is 5.91 Å². The number of amides is 2. The number of nitrogens with zero attached hydrogens (tertiary/aromatic N) is 3. The van der Waals surface area contributed by atoms with Crippen LogP contribution in [0.25, 0.3) is 0 Å². The van der Waals surface area contributed by atoms with Gasteiger partial charge >= 0.3 is 0 Å². The molecule has 1 atom stereocenters. The molecule has 1 N–H and O–H groups in total. The Balaban J connectivity index is 2.51. The van der Waals surface area contributed by atoms with Gasteiger partial charge in [-0.05, 0) is 26.7 Å². The van der Waals surface area contributed by atoms with Gasteiger partial charge in [0.1, 0.15) is 11.6 Å². The number of nitrogens with one attached hydrogen (secondary N) is 1. The number of piperazine rings is 1. The fraction of sp³-hybridized carbons (Fsp3) is 0.643. The van der Waals surface area contributed by atoms with E-state index in [1.165, 1.54) is 0 Å². The van der Waals surface area contributed by atoms with Crippen molar-refractivity contribution in [2.24, 2.45) is 7.05 Å². The number of carbonyl (C=O) groups is 2. The Morgan fingerprint density at radius 3 is 2.40 bits per heavy atom. The predicted octanol–water partition coefficient (Wildman–Crippen LogP) is 1.14. The summed E-state index contributed by atoms with van der Waals surface area (Å²) in [6.07, 6.45) is 2.95. The lowest BCUT2D eigenvalue weighted by Crippen LogP contribution is -2.69. The zero-order valence-corrected chi connectivity index (χ0v) is 12.7. The second kappa shape index (κ2) is 4.92. The molecule has 1 fully saturated rings. The number of hydrogen-bond acceptors (Lipinski definition) is 3. The van der Waals surface area contributed by atoms with Crippen LogP contribution < -0.4 is 10.2 Å². The molecule has 2 amide bonds. The molecule has 110 valence electrons. The Morgan fingerprint density at radius 2 is 1.95 bits per heavy atom. The van der Waals surface area contributed by atoms with E-state index < -0.39 is 11.6 Å². The lowest BCUT2D eigenvalue weighted by molar-refractivity contribution is -0.138. The summed E-state index contributed by atoms with van der Waals surface area (Å²) in [5.41, 5.74) is 0.668. The molecule has 1 aromatic rings. The Hall–Kier alpha value is -1.85. The van der Waals surface area contributed by atoms with Crippen LogP contribution in [0, 0.1) is 6.92 Å². The van der Waals surface area contributed by atoms with Gasteiger partial charge in [0, 0.05) is 13.2 Å². The van der Waals surface area contributed by atoms with E-state index in [1.807, 2.05) is 27.8 Å². The molecule has 6 heteroatoms. The molecule has 0 aliphatic carbocycles. The van der Waals surface area contributed by atoms with Crippen molar-refractivity contribution >= 4 is 17.5 Å². The van der Waals surface area contributed by atoms with Crippen LogP contribution in [0.2, 0.25) is 0 Å². The van der Waals surface area contributed by atoms with Crippen LogP contribution >= 0.6 is 0 Å². The molecule has 2 rings (SSSR count). The second-order valence-electron chi connectivity index (χ2n) is 5.40. The minimum absolute atomic E-state index is 0.0503. The molecule has 6 nitrogen and oxygen atoms in total. The highest BCUT2D eigenvalue weighted by molar-refractivity contribution is 6.10. The molecule has 0 aromatic carbocycles. The van der Waals surface area contributed by atoms with Crippen molar-refractivity contribution in [1.82, 2.24) is 15.1 Å². The van der Waals surface area contributed by atoms with E-state index in [0.717, 1.165) is 5.69 Å². The van der Waals surface area contributed by atoms with Crippen molar-refractivity contribution < 1.29 is 9.59 Å². The molecule has 1 saturated heterocycles. The molecule has 0 saturated carbocycles. The highest BCUT2D eigenvalue weighted by Gasteiger charge is 2.48. The first-order valence-electron chi connectivity index (χ1n) is 7.02. The number of aromatic nitrogens is 2. The zero-order chi connectivity index (χ0) is 15.1. The number of rotatable bonds is 3. The van der Waals surface area contributed by atoms with Gasteiger partial charge in [-0.3, -0.25) is 19.2 Å². The molecule has 0 radical (unpaired) electrons. The van der Waals surface area contributed by atoms with Crippen molar-refractivity contribution in [2.45, 2.75) is 52.1 Å². The van der Waals surface area contributed by atoms with Crippen LogP contribution in [0.1, 0.15) is 39.3 Å². The molecule has 1 unspecified atom stereocenters. The van der Waals surface area contributed by atoms with Crippen molar-refractivity contribution in [1.29, 1.82) is 0 Å². The highest BCUT2D eigenvalue weighted by atomic mass is 16.2. The van der Waals surface area contributed by atoms with Crippen LogP contribution in [0.3, 0.4) is 0 Å². The van der Waals surface area contributed by atoms with Gasteiger partial charge in [0.05, 0.1) is 11.4 Å². The largest absolute Gasteiger partial charge is 0.340 e. The summed E-state index contributed by atoms with van der Waals surface area (Å²) in [4.78, 5) is 26.7. The third kappa shape index (κ3) is 1.99. The first-order chi connectivity index (χ1) is 9.36. The van der Waals surface area contributed by atoms with Gasteiger partial charge in [0.15, 0.2) is 0 Å². The minimum Gasteiger partial charge on any atom is -0.340 e. The summed E-state index contributed by atoms with van der Waals surface area (Å²) in [7, 11) is 1.81. The van der Waals surface area contributed by atoms with E-state index in [0.29, 0.717) is 18.5 Å². The number of hydrogen-bond donors (Lipinski definition) is 1. The smallest absolute Gasteiger partial charge is 0.253 e. The molecule has 20 heavy (non-hydrogen) atoms. The van der Waals surface area contributed by atoms with Gasteiger partial charge in [0.25, 0.3) is 5.91 Å². The first-order valence-corrected chi connectivity index (χ1v) is 7.02. The average Bonchev–Trinajstić information content (AvgIpc) is 2.73. The van der Waals surface area contributed by atoms with Gasteiger partial charge in [-0.2, -0.15) is 5.10 Å². The van der Waals surface area contributed by atoms with Gasteiger partial charge < -0.3 is 5.32 Å². The minimum atomic E-state index is -0.800. The van der Waals surface area contributed by atoms with E-state index >= 15 is 0 Å². The van der Waals surface area contributed by atoms with E-state index in [9.17, 15) is 9.59 Å². The van der Waals surface area contributed by atoms with Crippen LogP contribution in [0.4, 0.5) is 5.69 Å². The van der Waals surface area contributed by atoms with Crippen LogP contribution in [0.5, 0.6) is 0 Å². The molecular formula is C14H22N4O2. The standard InChI is InChI=1S/C14H22N4O2/c1-6-14(7-2)13(20)18(10(4)12(19)15-14)11-8-17(5)16-9(11)3/h8,10H,6-7H2,1-5H3,(H,15,19). The Labute approximate surface area is 119 Å². The topological polar surface area (TPSA) is 67.2 Å².